The molecule has 0 unspecified atom stereocenters. The number of nitrogens with zero attached hydrogens (tertiary/aromatic N) is 2. The molecule has 0 saturated heterocycles. The van der Waals surface area contributed by atoms with Crippen molar-refractivity contribution in [2.75, 3.05) is 0 Å². The fraction of sp³-hybridized carbons (Fsp3) is 0.842. The molecule has 2 heteroatoms. The summed E-state index contributed by atoms with van der Waals surface area (Å²) in [4.78, 5) is 0. The van der Waals surface area contributed by atoms with Gasteiger partial charge >= 0.3 is 0 Å². The van der Waals surface area contributed by atoms with E-state index in [1.165, 1.54) is 90.0 Å². The fourth-order valence-corrected chi connectivity index (χ4v) is 2.98. The van der Waals surface area contributed by atoms with Crippen LogP contribution in [-0.4, -0.2) is 4.68 Å². The molecule has 122 valence electrons. The first kappa shape index (κ1) is 18.3. The van der Waals surface area contributed by atoms with Crippen molar-refractivity contribution in [2.24, 2.45) is 7.05 Å². The molecule has 0 radical (unpaired) electrons. The topological polar surface area (TPSA) is 8.81 Å². The fourth-order valence-electron chi connectivity index (χ4n) is 2.98. The highest BCUT2D eigenvalue weighted by atomic mass is 15.4. The Balaban J connectivity index is 1.76. The van der Waals surface area contributed by atoms with Crippen molar-refractivity contribution in [2.45, 2.75) is 96.9 Å². The maximum atomic E-state index is 2.29. The van der Waals surface area contributed by atoms with Crippen LogP contribution in [0, 0.1) is 0 Å². The molecule has 0 spiro atoms. The Morgan fingerprint density at radius 1 is 0.714 bits per heavy atom. The van der Waals surface area contributed by atoms with E-state index < -0.39 is 0 Å². The molecule has 0 aliphatic rings. The highest BCUT2D eigenvalue weighted by Crippen LogP contribution is 2.12. The summed E-state index contributed by atoms with van der Waals surface area (Å²) in [7, 11) is 2.11. The summed E-state index contributed by atoms with van der Waals surface area (Å²) in [6.45, 7) is 3.46. The van der Waals surface area contributed by atoms with E-state index in [9.17, 15) is 0 Å². The first-order valence-electron chi connectivity index (χ1n) is 9.35. The third-order valence-corrected chi connectivity index (χ3v) is 4.46. The number of hydrogen-bond acceptors (Lipinski definition) is 0. The van der Waals surface area contributed by atoms with Gasteiger partial charge in [0.25, 0.3) is 0 Å². The van der Waals surface area contributed by atoms with Crippen molar-refractivity contribution in [3.05, 3.63) is 18.5 Å². The number of unbranched alkanes of at least 4 members (excludes halogenated alkanes) is 12. The van der Waals surface area contributed by atoms with E-state index in [0.717, 1.165) is 0 Å². The molecule has 1 aromatic rings. The van der Waals surface area contributed by atoms with Gasteiger partial charge in [-0.3, -0.25) is 0 Å². The van der Waals surface area contributed by atoms with Gasteiger partial charge in [0.2, 0.25) is 0 Å². The number of rotatable bonds is 14. The highest BCUT2D eigenvalue weighted by molar-refractivity contribution is 4.69. The second-order valence-electron chi connectivity index (χ2n) is 6.47. The zero-order valence-corrected chi connectivity index (χ0v) is 14.5. The van der Waals surface area contributed by atoms with Crippen LogP contribution >= 0.6 is 0 Å². The van der Waals surface area contributed by atoms with Gasteiger partial charge in [-0.15, -0.1) is 4.68 Å². The smallest absolute Gasteiger partial charge is 0.164 e. The molecule has 1 rings (SSSR count). The molecule has 0 N–H and O–H groups in total. The van der Waals surface area contributed by atoms with Gasteiger partial charge in [0, 0.05) is 12.5 Å². The van der Waals surface area contributed by atoms with Crippen molar-refractivity contribution < 1.29 is 4.68 Å². The molecule has 0 aliphatic carbocycles. The molecule has 0 aromatic carbocycles. The Kier molecular flexibility index (Phi) is 11.2. The summed E-state index contributed by atoms with van der Waals surface area (Å²) in [5.74, 6) is 0. The minimum Gasteiger partial charge on any atom is -0.164 e. The van der Waals surface area contributed by atoms with Crippen LogP contribution in [0.25, 0.3) is 0 Å². The minimum atomic E-state index is 1.17. The van der Waals surface area contributed by atoms with E-state index in [0.29, 0.717) is 0 Å². The second-order valence-corrected chi connectivity index (χ2v) is 6.47. The number of aromatic nitrogens is 2. The summed E-state index contributed by atoms with van der Waals surface area (Å²) in [6, 6.07) is 2.11. The Morgan fingerprint density at radius 3 is 1.62 bits per heavy atom. The normalized spacial score (nSPS) is 11.1. The molecule has 0 amide bonds. The molecule has 2 nitrogen and oxygen atoms in total. The first-order valence-corrected chi connectivity index (χ1v) is 9.35. The minimum absolute atomic E-state index is 1.17. The van der Waals surface area contributed by atoms with Crippen molar-refractivity contribution in [3.8, 4) is 0 Å². The average molecular weight is 294 g/mol. The SMILES string of the molecule is CCCCCCCCCCCCCCC[n+]1cccn1C. The Hall–Kier alpha value is -0.790. The monoisotopic (exact) mass is 293 g/mol. The third kappa shape index (κ3) is 9.71. The van der Waals surface area contributed by atoms with Gasteiger partial charge in [0.05, 0.1) is 13.2 Å². The van der Waals surface area contributed by atoms with Crippen LogP contribution < -0.4 is 4.68 Å². The van der Waals surface area contributed by atoms with Gasteiger partial charge in [-0.2, -0.15) is 4.68 Å². The maximum absolute atomic E-state index is 2.29. The lowest BCUT2D eigenvalue weighted by Crippen LogP contribution is -2.40. The van der Waals surface area contributed by atoms with Crippen LogP contribution in [-0.2, 0) is 13.6 Å². The summed E-state index contributed by atoms with van der Waals surface area (Å²) in [5.41, 5.74) is 0. The molecule has 0 atom stereocenters. The largest absolute Gasteiger partial charge is 0.195 e. The first-order chi connectivity index (χ1) is 10.3. The highest BCUT2D eigenvalue weighted by Gasteiger charge is 2.02. The molecule has 1 heterocycles. The Bertz CT molecular complexity index is 330. The van der Waals surface area contributed by atoms with Gasteiger partial charge in [-0.05, 0) is 6.42 Å². The van der Waals surface area contributed by atoms with Gasteiger partial charge < -0.3 is 0 Å². The van der Waals surface area contributed by atoms with Crippen molar-refractivity contribution >= 4 is 0 Å². The second kappa shape index (κ2) is 12.9. The zero-order valence-electron chi connectivity index (χ0n) is 14.5. The van der Waals surface area contributed by atoms with Gasteiger partial charge in [-0.25, -0.2) is 0 Å². The predicted molar refractivity (Wildman–Crippen MR) is 91.3 cm³/mol. The van der Waals surface area contributed by atoms with Gasteiger partial charge in [0.15, 0.2) is 12.7 Å². The lowest BCUT2D eigenvalue weighted by Gasteiger charge is -2.02. The number of hydrogen-bond donors (Lipinski definition) is 0. The summed E-state index contributed by atoms with van der Waals surface area (Å²) in [5, 5.41) is 0. The Labute approximate surface area is 132 Å². The van der Waals surface area contributed by atoms with Crippen LogP contribution in [0.1, 0.15) is 90.4 Å². The van der Waals surface area contributed by atoms with E-state index in [4.69, 9.17) is 0 Å². The Morgan fingerprint density at radius 2 is 1.19 bits per heavy atom. The summed E-state index contributed by atoms with van der Waals surface area (Å²) >= 11 is 0. The average Bonchev–Trinajstić information content (AvgIpc) is 2.89. The third-order valence-electron chi connectivity index (χ3n) is 4.46. The van der Waals surface area contributed by atoms with Crippen LogP contribution in [0.3, 0.4) is 0 Å². The lowest BCUT2D eigenvalue weighted by molar-refractivity contribution is -0.773. The molecule has 0 saturated carbocycles. The molecule has 0 fully saturated rings. The predicted octanol–water partition coefficient (Wildman–Crippen LogP) is 5.40. The van der Waals surface area contributed by atoms with Crippen LogP contribution in [0.2, 0.25) is 0 Å². The lowest BCUT2D eigenvalue weighted by atomic mass is 10.0. The summed E-state index contributed by atoms with van der Waals surface area (Å²) < 4.78 is 4.46. The van der Waals surface area contributed by atoms with E-state index in [1.54, 1.807) is 0 Å². The molecule has 0 aliphatic heterocycles. The van der Waals surface area contributed by atoms with Crippen molar-refractivity contribution in [1.82, 2.24) is 4.68 Å². The van der Waals surface area contributed by atoms with Crippen LogP contribution in [0.4, 0.5) is 0 Å². The van der Waals surface area contributed by atoms with E-state index in [-0.39, 0.29) is 0 Å². The standard InChI is InChI=1S/C19H37N2/c1-3-4-5-6-7-8-9-10-11-12-13-14-15-18-21-19-16-17-20(21)2/h16-17,19H,3-15,18H2,1-2H3/q+1. The zero-order chi connectivity index (χ0) is 15.2. The molecular formula is C19H37N2+. The molecule has 1 aromatic heterocycles. The van der Waals surface area contributed by atoms with E-state index >= 15 is 0 Å². The van der Waals surface area contributed by atoms with Gasteiger partial charge in [0.1, 0.15) is 0 Å². The maximum Gasteiger partial charge on any atom is 0.195 e. The van der Waals surface area contributed by atoms with Crippen molar-refractivity contribution in [3.63, 3.8) is 0 Å². The summed E-state index contributed by atoms with van der Waals surface area (Å²) in [6.07, 6.45) is 22.9. The van der Waals surface area contributed by atoms with Crippen LogP contribution in [0.15, 0.2) is 18.5 Å². The molecule has 0 bridgehead atoms. The molecular weight excluding hydrogens is 256 g/mol. The molecule has 21 heavy (non-hydrogen) atoms. The van der Waals surface area contributed by atoms with Crippen molar-refractivity contribution in [1.29, 1.82) is 0 Å². The van der Waals surface area contributed by atoms with E-state index in [2.05, 4.69) is 41.8 Å². The number of aryl methyl sites for hydroxylation is 2. The van der Waals surface area contributed by atoms with Crippen LogP contribution in [0.5, 0.6) is 0 Å². The van der Waals surface area contributed by atoms with Gasteiger partial charge in [-0.1, -0.05) is 77.6 Å². The van der Waals surface area contributed by atoms with E-state index in [1.807, 2.05) is 0 Å². The quantitative estimate of drug-likeness (QED) is 0.320.